The number of aromatic nitrogens is 2. The zero-order chi connectivity index (χ0) is 31.8. The summed E-state index contributed by atoms with van der Waals surface area (Å²) in [6.07, 6.45) is 10.6. The predicted molar refractivity (Wildman–Crippen MR) is 179 cm³/mol. The maximum Gasteiger partial charge on any atom is 0.274 e. The number of aryl methyl sites for hydroxylation is 4. The molecule has 2 N–H and O–H groups in total. The van der Waals surface area contributed by atoms with Crippen LogP contribution in [0.4, 0.5) is 31.7 Å². The summed E-state index contributed by atoms with van der Waals surface area (Å²) in [7, 11) is 1.58. The fraction of sp³-hybridized carbons (Fsp3) is 0.382. The van der Waals surface area contributed by atoms with E-state index in [-0.39, 0.29) is 29.2 Å². The molecule has 0 atom stereocenters. The Labute approximate surface area is 266 Å². The highest BCUT2D eigenvalue weighted by atomic mass is 32.1. The summed E-state index contributed by atoms with van der Waals surface area (Å²) in [5.74, 6) is -0.112. The number of benzene rings is 1. The monoisotopic (exact) mass is 634 g/mol. The molecule has 1 aliphatic carbocycles. The number of thiophene rings is 1. The number of nitrogens with one attached hydrogen (secondary N) is 2. The fourth-order valence-electron chi connectivity index (χ4n) is 5.83. The molecule has 1 aromatic carbocycles. The van der Waals surface area contributed by atoms with E-state index >= 15 is 0 Å². The van der Waals surface area contributed by atoms with Gasteiger partial charge in [-0.25, -0.2) is 13.8 Å². The van der Waals surface area contributed by atoms with E-state index in [1.54, 1.807) is 48.0 Å². The van der Waals surface area contributed by atoms with Gasteiger partial charge >= 0.3 is 0 Å². The maximum absolute atomic E-state index is 14.9. The third kappa shape index (κ3) is 8.15. The summed E-state index contributed by atoms with van der Waals surface area (Å²) in [5.41, 5.74) is 3.33. The number of hydrogen-bond donors (Lipinski definition) is 2. The number of hydrogen-bond acceptors (Lipinski definition) is 7. The van der Waals surface area contributed by atoms with Gasteiger partial charge in [0.25, 0.3) is 5.56 Å². The van der Waals surface area contributed by atoms with Crippen LogP contribution in [0, 0.1) is 12.7 Å². The topological polar surface area (TPSA) is 82.5 Å². The van der Waals surface area contributed by atoms with Crippen molar-refractivity contribution < 1.29 is 13.6 Å². The number of pyridine rings is 2. The van der Waals surface area contributed by atoms with Crippen molar-refractivity contribution in [1.82, 2.24) is 14.5 Å². The first kappa shape index (κ1) is 32.3. The normalized spacial score (nSPS) is 15.0. The van der Waals surface area contributed by atoms with Gasteiger partial charge in [-0.05, 0) is 68.5 Å². The van der Waals surface area contributed by atoms with E-state index in [0.717, 1.165) is 31.9 Å². The molecule has 1 saturated heterocycles. The van der Waals surface area contributed by atoms with Crippen LogP contribution in [0.2, 0.25) is 0 Å². The van der Waals surface area contributed by atoms with Gasteiger partial charge < -0.3 is 20.1 Å². The number of rotatable bonds is 8. The van der Waals surface area contributed by atoms with Gasteiger partial charge in [0.05, 0.1) is 17.6 Å². The first-order chi connectivity index (χ1) is 21.9. The zero-order valence-electron chi connectivity index (χ0n) is 25.8. The largest absolute Gasteiger partial charge is 0.368 e. The summed E-state index contributed by atoms with van der Waals surface area (Å²) in [4.78, 5) is 35.3. The molecule has 238 valence electrons. The molecule has 2 aliphatic rings. The van der Waals surface area contributed by atoms with Gasteiger partial charge in [-0.2, -0.15) is 0 Å². The molecule has 1 fully saturated rings. The third-order valence-electron chi connectivity index (χ3n) is 8.23. The lowest BCUT2D eigenvalue weighted by Gasteiger charge is -2.35. The van der Waals surface area contributed by atoms with E-state index in [9.17, 15) is 18.4 Å². The summed E-state index contributed by atoms with van der Waals surface area (Å²) in [5, 5.41) is 5.36. The number of anilines is 4. The summed E-state index contributed by atoms with van der Waals surface area (Å²) in [6.45, 7) is 5.53. The minimum atomic E-state index is -0.590. The molecule has 0 radical (unpaired) electrons. The summed E-state index contributed by atoms with van der Waals surface area (Å²) >= 11 is 2.00. The van der Waals surface area contributed by atoms with Crippen LogP contribution < -0.4 is 21.1 Å². The molecule has 0 saturated carbocycles. The van der Waals surface area contributed by atoms with E-state index in [1.165, 1.54) is 53.8 Å². The first-order valence-corrected chi connectivity index (χ1v) is 16.2. The van der Waals surface area contributed by atoms with E-state index in [1.807, 2.05) is 17.4 Å². The molecule has 3 aromatic heterocycles. The van der Waals surface area contributed by atoms with Crippen molar-refractivity contribution in [3.05, 3.63) is 86.3 Å². The van der Waals surface area contributed by atoms with Crippen LogP contribution in [0.1, 0.15) is 34.6 Å². The van der Waals surface area contributed by atoms with Gasteiger partial charge in [-0.3, -0.25) is 14.5 Å². The van der Waals surface area contributed by atoms with Crippen molar-refractivity contribution in [2.75, 3.05) is 54.9 Å². The van der Waals surface area contributed by atoms with Crippen molar-refractivity contribution in [1.29, 1.82) is 0 Å². The lowest BCUT2D eigenvalue weighted by molar-refractivity contribution is -0.105. The molecular formula is C34H40F2N6O2S. The number of nitrogens with zero attached hydrogens (tertiary/aromatic N) is 4. The first-order valence-electron chi connectivity index (χ1n) is 15.4. The van der Waals surface area contributed by atoms with Crippen molar-refractivity contribution in [2.24, 2.45) is 7.05 Å². The van der Waals surface area contributed by atoms with Gasteiger partial charge in [0.15, 0.2) is 5.82 Å². The number of amides is 1. The highest BCUT2D eigenvalue weighted by Crippen LogP contribution is 2.30. The van der Waals surface area contributed by atoms with Crippen LogP contribution in [0.3, 0.4) is 0 Å². The Morgan fingerprint density at radius 2 is 1.82 bits per heavy atom. The van der Waals surface area contributed by atoms with Crippen LogP contribution in [-0.4, -0.2) is 60.3 Å². The third-order valence-corrected chi connectivity index (χ3v) is 9.38. The predicted octanol–water partition coefficient (Wildman–Crippen LogP) is 6.32. The van der Waals surface area contributed by atoms with Crippen LogP contribution in [0.5, 0.6) is 0 Å². The molecule has 45 heavy (non-hydrogen) atoms. The van der Waals surface area contributed by atoms with Crippen molar-refractivity contribution >= 4 is 40.6 Å². The van der Waals surface area contributed by atoms with Gasteiger partial charge in [0.1, 0.15) is 18.2 Å². The molecule has 1 amide bonds. The molecule has 1 aliphatic heterocycles. The highest BCUT2D eigenvalue weighted by molar-refractivity contribution is 7.12. The van der Waals surface area contributed by atoms with Crippen LogP contribution in [0.25, 0.3) is 11.1 Å². The zero-order valence-corrected chi connectivity index (χ0v) is 26.6. The highest BCUT2D eigenvalue weighted by Gasteiger charge is 2.18. The van der Waals surface area contributed by atoms with Crippen LogP contribution in [-0.2, 0) is 24.7 Å². The molecule has 0 unspecified atom stereocenters. The van der Waals surface area contributed by atoms with Crippen molar-refractivity contribution in [2.45, 2.75) is 39.0 Å². The Morgan fingerprint density at radius 3 is 2.56 bits per heavy atom. The fourth-order valence-corrected chi connectivity index (χ4v) is 6.96. The van der Waals surface area contributed by atoms with Gasteiger partial charge in [-0.1, -0.05) is 18.6 Å². The second-order valence-electron chi connectivity index (χ2n) is 11.4. The van der Waals surface area contributed by atoms with Crippen LogP contribution in [0.15, 0.2) is 59.7 Å². The SMILES string of the molecule is Cc1cc2c(s1)CCCCC2.Cn1cc(-c2cccc(NC=O)c2F)cc(Nc2ccc(N3CCN(CCF)CC3)cn2)c1=O. The number of carbonyl (C=O) groups excluding carboxylic acids is 1. The molecule has 8 nitrogen and oxygen atoms in total. The molecule has 4 heterocycles. The molecule has 11 heteroatoms. The number of carbonyl (C=O) groups is 1. The van der Waals surface area contributed by atoms with Gasteiger partial charge in [0.2, 0.25) is 6.41 Å². The van der Waals surface area contributed by atoms with Gasteiger partial charge in [-0.15, -0.1) is 11.3 Å². The lowest BCUT2D eigenvalue weighted by Crippen LogP contribution is -2.47. The number of alkyl halides is 1. The molecule has 4 aromatic rings. The summed E-state index contributed by atoms with van der Waals surface area (Å²) in [6, 6.07) is 12.3. The number of fused-ring (bicyclic) bond motifs is 1. The minimum absolute atomic E-state index is 0.0543. The average molecular weight is 635 g/mol. The van der Waals surface area contributed by atoms with Crippen molar-refractivity contribution in [3.8, 4) is 11.1 Å². The Kier molecular flexibility index (Phi) is 11.0. The number of halogens is 2. The Hall–Kier alpha value is -4.09. The molecule has 6 rings (SSSR count). The van der Waals surface area contributed by atoms with Crippen molar-refractivity contribution in [3.63, 3.8) is 0 Å². The molecular weight excluding hydrogens is 594 g/mol. The Morgan fingerprint density at radius 1 is 1.02 bits per heavy atom. The minimum Gasteiger partial charge on any atom is -0.368 e. The number of piperazine rings is 1. The lowest BCUT2D eigenvalue weighted by atomic mass is 10.1. The maximum atomic E-state index is 14.9. The Balaban J connectivity index is 0.000000304. The summed E-state index contributed by atoms with van der Waals surface area (Å²) < 4.78 is 28.8. The smallest absolute Gasteiger partial charge is 0.274 e. The van der Waals surface area contributed by atoms with Crippen LogP contribution >= 0.6 is 11.3 Å². The van der Waals surface area contributed by atoms with E-state index in [0.29, 0.717) is 24.3 Å². The standard InChI is InChI=1S/C24H26F2N6O2.C10H14S/c1-30-15-17(19-3-2-4-20(23(19)26)28-16-33)13-21(24(30)34)29-22-6-5-18(14-27-22)32-11-9-31(8-7-25)10-12-32;1-8-7-9-5-3-2-4-6-10(9)11-8/h2-6,13-16H,7-12H2,1H3,(H,27,29)(H,28,33);7H,2-6H2,1H3. The average Bonchev–Trinajstić information content (AvgIpc) is 3.26. The second kappa shape index (κ2) is 15.3. The molecule has 0 bridgehead atoms. The quantitative estimate of drug-likeness (QED) is 0.175. The van der Waals surface area contributed by atoms with Gasteiger partial charge in [0, 0.05) is 66.8 Å². The van der Waals surface area contributed by atoms with E-state index in [2.05, 4.69) is 38.4 Å². The Bertz CT molecular complexity index is 1620. The van der Waals surface area contributed by atoms with E-state index < -0.39 is 5.82 Å². The van der Waals surface area contributed by atoms with E-state index in [4.69, 9.17) is 0 Å². The second-order valence-corrected chi connectivity index (χ2v) is 12.7. The molecule has 0 spiro atoms.